The summed E-state index contributed by atoms with van der Waals surface area (Å²) in [6.45, 7) is 1.82. The second-order valence-corrected chi connectivity index (χ2v) is 7.21. The second kappa shape index (κ2) is 10.4. The van der Waals surface area contributed by atoms with Gasteiger partial charge in [0, 0.05) is 43.2 Å². The monoisotopic (exact) mass is 409 g/mol. The molecule has 0 aliphatic carbocycles. The Kier molecular flexibility index (Phi) is 7.43. The summed E-state index contributed by atoms with van der Waals surface area (Å²) in [5, 5.41) is 5.67. The number of carbonyl (C=O) groups is 3. The minimum absolute atomic E-state index is 0.0301. The smallest absolute Gasteiger partial charge is 0.253 e. The van der Waals surface area contributed by atoms with E-state index < -0.39 is 0 Å². The molecule has 1 aliphatic heterocycles. The van der Waals surface area contributed by atoms with Crippen LogP contribution in [0.15, 0.2) is 54.6 Å². The predicted octanol–water partition coefficient (Wildman–Crippen LogP) is 2.09. The predicted molar refractivity (Wildman–Crippen MR) is 113 cm³/mol. The van der Waals surface area contributed by atoms with Gasteiger partial charge in [0.05, 0.1) is 7.11 Å². The lowest BCUT2D eigenvalue weighted by Crippen LogP contribution is -2.44. The van der Waals surface area contributed by atoms with Crippen LogP contribution in [0.3, 0.4) is 0 Å². The van der Waals surface area contributed by atoms with E-state index in [4.69, 9.17) is 4.74 Å². The summed E-state index contributed by atoms with van der Waals surface area (Å²) in [5.74, 6) is 0.293. The number of carbonyl (C=O) groups excluding carboxylic acids is 3. The summed E-state index contributed by atoms with van der Waals surface area (Å²) in [7, 11) is 1.57. The van der Waals surface area contributed by atoms with Crippen LogP contribution in [0.1, 0.15) is 33.6 Å². The van der Waals surface area contributed by atoms with Crippen LogP contribution in [0.25, 0.3) is 0 Å². The third-order valence-electron chi connectivity index (χ3n) is 5.22. The van der Waals surface area contributed by atoms with Crippen molar-refractivity contribution in [1.82, 2.24) is 15.5 Å². The number of hydrogen-bond donors (Lipinski definition) is 2. The first-order valence-electron chi connectivity index (χ1n) is 10.1. The van der Waals surface area contributed by atoms with Crippen LogP contribution < -0.4 is 15.4 Å². The molecular weight excluding hydrogens is 382 g/mol. The molecule has 0 radical (unpaired) electrons. The number of rotatable bonds is 7. The molecule has 0 bridgehead atoms. The molecule has 2 N–H and O–H groups in total. The number of amides is 3. The highest BCUT2D eigenvalue weighted by Gasteiger charge is 2.27. The van der Waals surface area contributed by atoms with Gasteiger partial charge in [-0.25, -0.2) is 0 Å². The number of piperidine rings is 1. The van der Waals surface area contributed by atoms with Crippen molar-refractivity contribution in [2.45, 2.75) is 12.8 Å². The molecule has 7 nitrogen and oxygen atoms in total. The maximum atomic E-state index is 12.7. The quantitative estimate of drug-likeness (QED) is 0.686. The maximum Gasteiger partial charge on any atom is 0.253 e. The zero-order chi connectivity index (χ0) is 21.3. The molecule has 3 rings (SSSR count). The van der Waals surface area contributed by atoms with Crippen LogP contribution >= 0.6 is 0 Å². The average Bonchev–Trinajstić information content (AvgIpc) is 2.81. The highest BCUT2D eigenvalue weighted by atomic mass is 16.5. The first-order chi connectivity index (χ1) is 14.6. The molecule has 0 atom stereocenters. The molecule has 3 amide bonds. The van der Waals surface area contributed by atoms with Crippen LogP contribution in [0.4, 0.5) is 0 Å². The van der Waals surface area contributed by atoms with Gasteiger partial charge in [-0.15, -0.1) is 0 Å². The molecule has 1 aliphatic rings. The second-order valence-electron chi connectivity index (χ2n) is 7.21. The molecule has 1 saturated heterocycles. The van der Waals surface area contributed by atoms with Gasteiger partial charge in [-0.2, -0.15) is 0 Å². The van der Waals surface area contributed by atoms with E-state index in [2.05, 4.69) is 10.6 Å². The summed E-state index contributed by atoms with van der Waals surface area (Å²) in [6, 6.07) is 16.1. The van der Waals surface area contributed by atoms with Crippen molar-refractivity contribution in [3.05, 3.63) is 65.7 Å². The van der Waals surface area contributed by atoms with Gasteiger partial charge in [0.15, 0.2) is 0 Å². The fourth-order valence-electron chi connectivity index (χ4n) is 3.48. The molecule has 7 heteroatoms. The van der Waals surface area contributed by atoms with Crippen LogP contribution in [0.5, 0.6) is 5.75 Å². The van der Waals surface area contributed by atoms with E-state index >= 15 is 0 Å². The third kappa shape index (κ3) is 5.59. The van der Waals surface area contributed by atoms with Crippen LogP contribution in [0, 0.1) is 5.92 Å². The zero-order valence-corrected chi connectivity index (χ0v) is 17.1. The van der Waals surface area contributed by atoms with Crippen molar-refractivity contribution in [1.29, 1.82) is 0 Å². The van der Waals surface area contributed by atoms with Gasteiger partial charge in [-0.1, -0.05) is 24.3 Å². The lowest BCUT2D eigenvalue weighted by atomic mass is 9.95. The van der Waals surface area contributed by atoms with Crippen molar-refractivity contribution in [3.8, 4) is 5.75 Å². The van der Waals surface area contributed by atoms with Crippen molar-refractivity contribution >= 4 is 17.7 Å². The Hall–Kier alpha value is -3.35. The number of benzene rings is 2. The Labute approximate surface area is 176 Å². The Morgan fingerprint density at radius 2 is 1.60 bits per heavy atom. The number of likely N-dealkylation sites (tertiary alicyclic amines) is 1. The Morgan fingerprint density at radius 3 is 2.30 bits per heavy atom. The summed E-state index contributed by atoms with van der Waals surface area (Å²) < 4.78 is 5.18. The van der Waals surface area contributed by atoms with E-state index in [0.717, 1.165) is 0 Å². The molecule has 0 unspecified atom stereocenters. The van der Waals surface area contributed by atoms with E-state index in [1.54, 1.807) is 48.4 Å². The fourth-order valence-corrected chi connectivity index (χ4v) is 3.48. The number of methoxy groups -OCH3 is 1. The molecule has 0 aromatic heterocycles. The number of nitrogens with one attached hydrogen (secondary N) is 2. The van der Waals surface area contributed by atoms with Crippen molar-refractivity contribution in [2.24, 2.45) is 5.92 Å². The van der Waals surface area contributed by atoms with Gasteiger partial charge in [-0.05, 0) is 43.2 Å². The lowest BCUT2D eigenvalue weighted by Gasteiger charge is -2.31. The molecule has 0 spiro atoms. The number of nitrogens with zero attached hydrogens (tertiary/aromatic N) is 1. The molecular formula is C23H27N3O4. The van der Waals surface area contributed by atoms with E-state index in [-0.39, 0.29) is 23.6 Å². The average molecular weight is 409 g/mol. The number of hydrogen-bond acceptors (Lipinski definition) is 4. The van der Waals surface area contributed by atoms with Crippen LogP contribution in [0.2, 0.25) is 0 Å². The van der Waals surface area contributed by atoms with Gasteiger partial charge >= 0.3 is 0 Å². The molecule has 0 saturated carbocycles. The van der Waals surface area contributed by atoms with Gasteiger partial charge in [0.25, 0.3) is 11.8 Å². The normalized spacial score (nSPS) is 14.1. The zero-order valence-electron chi connectivity index (χ0n) is 17.1. The molecule has 1 fully saturated rings. The van der Waals surface area contributed by atoms with Crippen molar-refractivity contribution in [3.63, 3.8) is 0 Å². The topological polar surface area (TPSA) is 87.7 Å². The van der Waals surface area contributed by atoms with E-state index in [0.29, 0.717) is 55.9 Å². The van der Waals surface area contributed by atoms with Crippen molar-refractivity contribution in [2.75, 3.05) is 33.3 Å². The van der Waals surface area contributed by atoms with Gasteiger partial charge < -0.3 is 20.3 Å². The largest absolute Gasteiger partial charge is 0.497 e. The SMILES string of the molecule is COc1cccc(C(=O)N2CCC(C(=O)NCCNC(=O)c3ccccc3)CC2)c1. The Morgan fingerprint density at radius 1 is 0.933 bits per heavy atom. The summed E-state index contributed by atoms with van der Waals surface area (Å²) in [4.78, 5) is 38.8. The summed E-state index contributed by atoms with van der Waals surface area (Å²) >= 11 is 0. The molecule has 1 heterocycles. The van der Waals surface area contributed by atoms with E-state index in [1.807, 2.05) is 18.2 Å². The minimum Gasteiger partial charge on any atom is -0.497 e. The summed E-state index contributed by atoms with van der Waals surface area (Å²) in [5.41, 5.74) is 1.18. The van der Waals surface area contributed by atoms with Crippen LogP contribution in [-0.4, -0.2) is 55.9 Å². The lowest BCUT2D eigenvalue weighted by molar-refractivity contribution is -0.126. The minimum atomic E-state index is -0.158. The molecule has 2 aromatic rings. The molecule has 2 aromatic carbocycles. The fraction of sp³-hybridized carbons (Fsp3) is 0.348. The maximum absolute atomic E-state index is 12.7. The first-order valence-corrected chi connectivity index (χ1v) is 10.1. The van der Waals surface area contributed by atoms with Crippen LogP contribution in [-0.2, 0) is 4.79 Å². The third-order valence-corrected chi connectivity index (χ3v) is 5.22. The molecule has 30 heavy (non-hydrogen) atoms. The summed E-state index contributed by atoms with van der Waals surface area (Å²) in [6.07, 6.45) is 1.25. The van der Waals surface area contributed by atoms with E-state index in [9.17, 15) is 14.4 Å². The standard InChI is InChI=1S/C23H27N3O4/c1-30-20-9-5-8-19(16-20)23(29)26-14-10-18(11-15-26)22(28)25-13-12-24-21(27)17-6-3-2-4-7-17/h2-9,16,18H,10-15H2,1H3,(H,24,27)(H,25,28). The molecule has 158 valence electrons. The van der Waals surface area contributed by atoms with Gasteiger partial charge in [-0.3, -0.25) is 14.4 Å². The van der Waals surface area contributed by atoms with Gasteiger partial charge in [0.2, 0.25) is 5.91 Å². The first kappa shape index (κ1) is 21.4. The number of ether oxygens (including phenoxy) is 1. The highest BCUT2D eigenvalue weighted by Crippen LogP contribution is 2.21. The Balaban J connectivity index is 1.38. The highest BCUT2D eigenvalue weighted by molar-refractivity contribution is 5.95. The Bertz CT molecular complexity index is 877. The van der Waals surface area contributed by atoms with E-state index in [1.165, 1.54) is 0 Å². The van der Waals surface area contributed by atoms with Crippen molar-refractivity contribution < 1.29 is 19.1 Å². The van der Waals surface area contributed by atoms with Gasteiger partial charge in [0.1, 0.15) is 5.75 Å².